The lowest BCUT2D eigenvalue weighted by Gasteiger charge is -2.26. The third-order valence-corrected chi connectivity index (χ3v) is 3.20. The van der Waals surface area contributed by atoms with E-state index in [-0.39, 0.29) is 11.2 Å². The minimum Gasteiger partial charge on any atom is -0.207 e. The standard InChI is InChI=1S/C12H15Cl2F/c1-8-6-9(10(14)7-11(8)15)12(2,3)4-5-13/h6-7H,4-5H2,1-3H3. The van der Waals surface area contributed by atoms with Crippen molar-refractivity contribution in [1.82, 2.24) is 0 Å². The van der Waals surface area contributed by atoms with Gasteiger partial charge in [0.05, 0.1) is 0 Å². The van der Waals surface area contributed by atoms with Crippen molar-refractivity contribution in [3.63, 3.8) is 0 Å². The Bertz CT molecular complexity index is 359. The van der Waals surface area contributed by atoms with Crippen LogP contribution in [0.25, 0.3) is 0 Å². The Labute approximate surface area is 100 Å². The predicted molar refractivity (Wildman–Crippen MR) is 64.5 cm³/mol. The van der Waals surface area contributed by atoms with Gasteiger partial charge >= 0.3 is 0 Å². The summed E-state index contributed by atoms with van der Waals surface area (Å²) in [6, 6.07) is 3.19. The molecule has 0 spiro atoms. The van der Waals surface area contributed by atoms with Crippen LogP contribution in [0.2, 0.25) is 5.02 Å². The highest BCUT2D eigenvalue weighted by Crippen LogP contribution is 2.34. The molecule has 0 fully saturated rings. The number of aryl methyl sites for hydroxylation is 1. The highest BCUT2D eigenvalue weighted by atomic mass is 35.5. The average molecular weight is 249 g/mol. The van der Waals surface area contributed by atoms with Crippen LogP contribution >= 0.6 is 23.2 Å². The summed E-state index contributed by atoms with van der Waals surface area (Å²) in [5, 5.41) is 0.480. The van der Waals surface area contributed by atoms with Gasteiger partial charge in [-0.3, -0.25) is 0 Å². The van der Waals surface area contributed by atoms with Gasteiger partial charge in [-0.25, -0.2) is 4.39 Å². The number of alkyl halides is 1. The SMILES string of the molecule is Cc1cc(C(C)(C)CCCl)c(Cl)cc1F. The van der Waals surface area contributed by atoms with Crippen molar-refractivity contribution in [3.8, 4) is 0 Å². The number of halogens is 3. The van der Waals surface area contributed by atoms with Gasteiger partial charge < -0.3 is 0 Å². The molecule has 84 valence electrons. The summed E-state index contributed by atoms with van der Waals surface area (Å²) in [4.78, 5) is 0. The van der Waals surface area contributed by atoms with Gasteiger partial charge in [0.1, 0.15) is 5.82 Å². The fourth-order valence-corrected chi connectivity index (χ4v) is 2.43. The van der Waals surface area contributed by atoms with Crippen LogP contribution in [0.1, 0.15) is 31.4 Å². The lowest BCUT2D eigenvalue weighted by molar-refractivity contribution is 0.507. The Morgan fingerprint density at radius 2 is 1.93 bits per heavy atom. The molecule has 0 aliphatic heterocycles. The summed E-state index contributed by atoms with van der Waals surface area (Å²) >= 11 is 11.8. The first-order valence-corrected chi connectivity index (χ1v) is 5.82. The van der Waals surface area contributed by atoms with Crippen molar-refractivity contribution < 1.29 is 4.39 Å². The number of rotatable bonds is 3. The zero-order chi connectivity index (χ0) is 11.6. The molecule has 15 heavy (non-hydrogen) atoms. The van der Waals surface area contributed by atoms with Crippen LogP contribution < -0.4 is 0 Å². The Morgan fingerprint density at radius 1 is 1.33 bits per heavy atom. The van der Waals surface area contributed by atoms with E-state index in [2.05, 4.69) is 13.8 Å². The predicted octanol–water partition coefficient (Wildman–Crippen LogP) is 4.69. The minimum absolute atomic E-state index is 0.114. The van der Waals surface area contributed by atoms with Gasteiger partial charge in [0.15, 0.2) is 0 Å². The van der Waals surface area contributed by atoms with E-state index in [4.69, 9.17) is 23.2 Å². The van der Waals surface area contributed by atoms with Gasteiger partial charge in [-0.15, -0.1) is 11.6 Å². The molecule has 1 aromatic carbocycles. The Morgan fingerprint density at radius 3 is 2.47 bits per heavy atom. The summed E-state index contributed by atoms with van der Waals surface area (Å²) in [5.74, 6) is 0.310. The van der Waals surface area contributed by atoms with Crippen LogP contribution in [0.3, 0.4) is 0 Å². The molecule has 0 aliphatic carbocycles. The molecule has 0 radical (unpaired) electrons. The Balaban J connectivity index is 3.19. The second kappa shape index (κ2) is 4.71. The van der Waals surface area contributed by atoms with Crippen molar-refractivity contribution in [3.05, 3.63) is 34.1 Å². The second-order valence-electron chi connectivity index (χ2n) is 4.40. The van der Waals surface area contributed by atoms with E-state index in [0.717, 1.165) is 12.0 Å². The molecule has 0 unspecified atom stereocenters. The molecule has 1 rings (SSSR count). The van der Waals surface area contributed by atoms with Gasteiger partial charge in [0.2, 0.25) is 0 Å². The molecule has 0 aromatic heterocycles. The van der Waals surface area contributed by atoms with Crippen LogP contribution in [0.4, 0.5) is 4.39 Å². The number of hydrogen-bond donors (Lipinski definition) is 0. The normalized spacial score (nSPS) is 11.9. The topological polar surface area (TPSA) is 0 Å². The summed E-state index contributed by atoms with van der Waals surface area (Å²) < 4.78 is 13.2. The maximum absolute atomic E-state index is 13.2. The van der Waals surface area contributed by atoms with Gasteiger partial charge in [-0.1, -0.05) is 31.5 Å². The maximum Gasteiger partial charge on any atom is 0.127 e. The van der Waals surface area contributed by atoms with Crippen LogP contribution in [0, 0.1) is 12.7 Å². The molecule has 0 atom stereocenters. The second-order valence-corrected chi connectivity index (χ2v) is 5.19. The third kappa shape index (κ3) is 2.85. The van der Waals surface area contributed by atoms with Crippen molar-refractivity contribution in [1.29, 1.82) is 0 Å². The molecule has 0 amide bonds. The molecular weight excluding hydrogens is 234 g/mol. The summed E-state index contributed by atoms with van der Waals surface area (Å²) in [6.07, 6.45) is 0.819. The highest BCUT2D eigenvalue weighted by molar-refractivity contribution is 6.31. The van der Waals surface area contributed by atoms with Gasteiger partial charge in [-0.05, 0) is 36.0 Å². The van der Waals surface area contributed by atoms with E-state index in [1.54, 1.807) is 6.92 Å². The van der Waals surface area contributed by atoms with Crippen LogP contribution in [-0.4, -0.2) is 5.88 Å². The van der Waals surface area contributed by atoms with E-state index in [1.165, 1.54) is 6.07 Å². The molecule has 1 aromatic rings. The highest BCUT2D eigenvalue weighted by Gasteiger charge is 2.23. The first-order valence-electron chi connectivity index (χ1n) is 4.90. The molecule has 3 heteroatoms. The summed E-state index contributed by atoms with van der Waals surface area (Å²) in [5.41, 5.74) is 1.47. The van der Waals surface area contributed by atoms with E-state index >= 15 is 0 Å². The quantitative estimate of drug-likeness (QED) is 0.681. The van der Waals surface area contributed by atoms with Gasteiger partial charge in [0.25, 0.3) is 0 Å². The molecule has 0 saturated carbocycles. The fourth-order valence-electron chi connectivity index (χ4n) is 1.55. The molecule has 0 aliphatic rings. The minimum atomic E-state index is -0.259. The lowest BCUT2D eigenvalue weighted by atomic mass is 9.81. The van der Waals surface area contributed by atoms with Crippen molar-refractivity contribution in [2.24, 2.45) is 0 Å². The first-order chi connectivity index (χ1) is 6.88. The van der Waals surface area contributed by atoms with Crippen LogP contribution in [0.5, 0.6) is 0 Å². The van der Waals surface area contributed by atoms with Crippen molar-refractivity contribution >= 4 is 23.2 Å². The van der Waals surface area contributed by atoms with E-state index in [0.29, 0.717) is 16.5 Å². The van der Waals surface area contributed by atoms with E-state index in [1.807, 2.05) is 6.07 Å². The lowest BCUT2D eigenvalue weighted by Crippen LogP contribution is -2.18. The molecule has 0 nitrogen and oxygen atoms in total. The van der Waals surface area contributed by atoms with E-state index < -0.39 is 0 Å². The van der Waals surface area contributed by atoms with Gasteiger partial charge in [0, 0.05) is 10.9 Å². The van der Waals surface area contributed by atoms with Crippen LogP contribution in [0.15, 0.2) is 12.1 Å². The van der Waals surface area contributed by atoms with Gasteiger partial charge in [-0.2, -0.15) is 0 Å². The number of hydrogen-bond acceptors (Lipinski definition) is 0. The average Bonchev–Trinajstić information content (AvgIpc) is 2.11. The molecule has 0 bridgehead atoms. The zero-order valence-corrected chi connectivity index (χ0v) is 10.7. The van der Waals surface area contributed by atoms with Crippen LogP contribution in [-0.2, 0) is 5.41 Å². The Hall–Kier alpha value is -0.270. The largest absolute Gasteiger partial charge is 0.207 e. The summed E-state index contributed by atoms with van der Waals surface area (Å²) in [7, 11) is 0. The summed E-state index contributed by atoms with van der Waals surface area (Å²) in [6.45, 7) is 5.87. The first kappa shape index (κ1) is 12.8. The third-order valence-electron chi connectivity index (χ3n) is 2.70. The smallest absolute Gasteiger partial charge is 0.127 e. The van der Waals surface area contributed by atoms with Crippen molar-refractivity contribution in [2.45, 2.75) is 32.6 Å². The molecule has 0 saturated heterocycles. The molecule has 0 heterocycles. The van der Waals surface area contributed by atoms with E-state index in [9.17, 15) is 4.39 Å². The number of benzene rings is 1. The maximum atomic E-state index is 13.2. The van der Waals surface area contributed by atoms with Crippen molar-refractivity contribution in [2.75, 3.05) is 5.88 Å². The molecular formula is C12H15Cl2F. The zero-order valence-electron chi connectivity index (χ0n) is 9.20. The Kier molecular flexibility index (Phi) is 4.02. The monoisotopic (exact) mass is 248 g/mol. The fraction of sp³-hybridized carbons (Fsp3) is 0.500. The molecule has 0 N–H and O–H groups in total.